The van der Waals surface area contributed by atoms with Crippen LogP contribution in [0.25, 0.3) is 0 Å². The second kappa shape index (κ2) is 5.52. The van der Waals surface area contributed by atoms with Gasteiger partial charge in [-0.15, -0.1) is 0 Å². The largest absolute Gasteiger partial charge is 0.464 e. The van der Waals surface area contributed by atoms with E-state index in [1.807, 2.05) is 38.1 Å². The van der Waals surface area contributed by atoms with Crippen LogP contribution in [-0.4, -0.2) is 16.2 Å². The summed E-state index contributed by atoms with van der Waals surface area (Å²) in [4.78, 5) is 17.0. The quantitative estimate of drug-likeness (QED) is 0.909. The number of anilines is 2. The van der Waals surface area contributed by atoms with Crippen LogP contribution in [0, 0.1) is 6.92 Å². The van der Waals surface area contributed by atoms with Crippen LogP contribution < -0.4 is 4.90 Å². The predicted molar refractivity (Wildman–Crippen MR) is 75.0 cm³/mol. The number of hydrogen-bond acceptors (Lipinski definition) is 2. The molecule has 2 rings (SSSR count). The van der Waals surface area contributed by atoms with Crippen LogP contribution >= 0.6 is 0 Å². The Hall–Kier alpha value is -2.36. The van der Waals surface area contributed by atoms with Crippen LogP contribution in [0.2, 0.25) is 0 Å². The summed E-state index contributed by atoms with van der Waals surface area (Å²) in [6.45, 7) is 3.96. The maximum Gasteiger partial charge on any atom is 0.416 e. The highest BCUT2D eigenvalue weighted by Crippen LogP contribution is 2.26. The Bertz CT molecular complexity index is 582. The van der Waals surface area contributed by atoms with Gasteiger partial charge in [0.15, 0.2) is 0 Å². The van der Waals surface area contributed by atoms with Crippen molar-refractivity contribution >= 4 is 17.5 Å². The van der Waals surface area contributed by atoms with E-state index in [0.29, 0.717) is 11.4 Å². The Morgan fingerprint density at radius 3 is 2.53 bits per heavy atom. The summed E-state index contributed by atoms with van der Waals surface area (Å²) in [5.41, 5.74) is 3.17. The molecular weight excluding hydrogens is 240 g/mol. The van der Waals surface area contributed by atoms with E-state index < -0.39 is 6.09 Å². The lowest BCUT2D eigenvalue weighted by Gasteiger charge is -2.20. The van der Waals surface area contributed by atoms with Gasteiger partial charge in [0.25, 0.3) is 0 Å². The van der Waals surface area contributed by atoms with Crippen LogP contribution in [0.4, 0.5) is 16.2 Å². The van der Waals surface area contributed by atoms with Crippen molar-refractivity contribution < 1.29 is 9.90 Å². The number of hydrogen-bond donors (Lipinski definition) is 1. The number of benzene rings is 1. The third-order valence-corrected chi connectivity index (χ3v) is 3.02. The highest BCUT2D eigenvalue weighted by atomic mass is 16.4. The minimum atomic E-state index is -1.01. The topological polar surface area (TPSA) is 53.4 Å². The van der Waals surface area contributed by atoms with Gasteiger partial charge in [-0.05, 0) is 37.1 Å². The molecule has 0 aliphatic rings. The zero-order chi connectivity index (χ0) is 13.8. The summed E-state index contributed by atoms with van der Waals surface area (Å²) in [6.07, 6.45) is 1.41. The van der Waals surface area contributed by atoms with Crippen molar-refractivity contribution in [1.29, 1.82) is 0 Å². The van der Waals surface area contributed by atoms with Gasteiger partial charge in [0.1, 0.15) is 0 Å². The molecule has 2 aromatic rings. The van der Waals surface area contributed by atoms with Gasteiger partial charge < -0.3 is 5.11 Å². The fourth-order valence-electron chi connectivity index (χ4n) is 1.99. The first-order valence-corrected chi connectivity index (χ1v) is 6.17. The molecule has 0 radical (unpaired) electrons. The summed E-state index contributed by atoms with van der Waals surface area (Å²) in [6, 6.07) is 10.9. The van der Waals surface area contributed by atoms with Gasteiger partial charge in [-0.3, -0.25) is 4.98 Å². The second-order valence-electron chi connectivity index (χ2n) is 4.25. The highest BCUT2D eigenvalue weighted by molar-refractivity contribution is 5.94. The molecule has 1 N–H and O–H groups in total. The second-order valence-corrected chi connectivity index (χ2v) is 4.25. The summed E-state index contributed by atoms with van der Waals surface area (Å²) in [5, 5.41) is 9.41. The van der Waals surface area contributed by atoms with E-state index in [0.717, 1.165) is 17.7 Å². The monoisotopic (exact) mass is 256 g/mol. The van der Waals surface area contributed by atoms with Crippen LogP contribution in [0.1, 0.15) is 18.2 Å². The molecule has 0 aliphatic heterocycles. The van der Waals surface area contributed by atoms with Crippen molar-refractivity contribution in [1.82, 2.24) is 4.98 Å². The van der Waals surface area contributed by atoms with E-state index in [1.165, 1.54) is 4.90 Å². The first-order chi connectivity index (χ1) is 9.13. The average Bonchev–Trinajstić information content (AvgIpc) is 2.41. The van der Waals surface area contributed by atoms with Crippen LogP contribution in [0.3, 0.4) is 0 Å². The lowest BCUT2D eigenvalue weighted by molar-refractivity contribution is 0.205. The number of nitrogens with zero attached hydrogens (tertiary/aromatic N) is 2. The van der Waals surface area contributed by atoms with E-state index in [9.17, 15) is 9.90 Å². The molecule has 0 atom stereocenters. The summed E-state index contributed by atoms with van der Waals surface area (Å²) in [5.74, 6) is 0. The zero-order valence-corrected chi connectivity index (χ0v) is 11.0. The smallest absolute Gasteiger partial charge is 0.416 e. The fourth-order valence-corrected chi connectivity index (χ4v) is 1.99. The van der Waals surface area contributed by atoms with Gasteiger partial charge in [-0.2, -0.15) is 0 Å². The Morgan fingerprint density at radius 1 is 1.26 bits per heavy atom. The summed E-state index contributed by atoms with van der Waals surface area (Å²) in [7, 11) is 0. The van der Waals surface area contributed by atoms with Gasteiger partial charge in [-0.1, -0.05) is 25.1 Å². The molecular formula is C15H16N2O2. The first kappa shape index (κ1) is 13.1. The number of carboxylic acid groups (broad SMARTS) is 1. The minimum Gasteiger partial charge on any atom is -0.464 e. The lowest BCUT2D eigenvalue weighted by atomic mass is 10.1. The lowest BCUT2D eigenvalue weighted by Crippen LogP contribution is -2.24. The first-order valence-electron chi connectivity index (χ1n) is 6.17. The third kappa shape index (κ3) is 2.73. The van der Waals surface area contributed by atoms with Crippen LogP contribution in [-0.2, 0) is 6.42 Å². The van der Waals surface area contributed by atoms with Crippen molar-refractivity contribution in [3.8, 4) is 0 Å². The van der Waals surface area contributed by atoms with Gasteiger partial charge in [-0.25, -0.2) is 9.69 Å². The van der Waals surface area contributed by atoms with E-state index in [2.05, 4.69) is 4.98 Å². The Balaban J connectivity index is 2.49. The van der Waals surface area contributed by atoms with Crippen molar-refractivity contribution in [2.75, 3.05) is 4.90 Å². The third-order valence-electron chi connectivity index (χ3n) is 3.02. The Morgan fingerprint density at radius 2 is 1.95 bits per heavy atom. The van der Waals surface area contributed by atoms with Crippen molar-refractivity contribution in [3.05, 3.63) is 53.9 Å². The van der Waals surface area contributed by atoms with Crippen LogP contribution in [0.5, 0.6) is 0 Å². The predicted octanol–water partition coefficient (Wildman–Crippen LogP) is 3.77. The molecule has 0 spiro atoms. The molecule has 1 aromatic heterocycles. The number of aryl methyl sites for hydroxylation is 2. The number of carbonyl (C=O) groups is 1. The average molecular weight is 256 g/mol. The molecule has 1 aromatic carbocycles. The molecule has 4 heteroatoms. The summed E-state index contributed by atoms with van der Waals surface area (Å²) >= 11 is 0. The maximum atomic E-state index is 11.5. The van der Waals surface area contributed by atoms with E-state index in [1.54, 1.807) is 18.3 Å². The summed E-state index contributed by atoms with van der Waals surface area (Å²) < 4.78 is 0. The Kier molecular flexibility index (Phi) is 3.80. The Labute approximate surface area is 112 Å². The normalized spacial score (nSPS) is 10.2. The van der Waals surface area contributed by atoms with Crippen molar-refractivity contribution in [2.45, 2.75) is 20.3 Å². The highest BCUT2D eigenvalue weighted by Gasteiger charge is 2.17. The molecule has 0 bridgehead atoms. The number of para-hydroxylation sites is 1. The molecule has 19 heavy (non-hydrogen) atoms. The molecule has 0 saturated heterocycles. The van der Waals surface area contributed by atoms with Gasteiger partial charge in [0, 0.05) is 5.69 Å². The number of rotatable bonds is 3. The number of aromatic nitrogens is 1. The molecule has 1 amide bonds. The molecule has 98 valence electrons. The molecule has 0 saturated carbocycles. The number of amides is 1. The molecule has 1 heterocycles. The SMILES string of the molecule is CCc1cc(N(C(=O)O)c2ccccc2)cnc1C. The zero-order valence-electron chi connectivity index (χ0n) is 11.0. The standard InChI is InChI=1S/C15H16N2O2/c1-3-12-9-14(10-16-11(12)2)17(15(18)19)13-7-5-4-6-8-13/h4-10H,3H2,1-2H3,(H,18,19). The van der Waals surface area contributed by atoms with E-state index in [-0.39, 0.29) is 0 Å². The molecule has 0 fully saturated rings. The van der Waals surface area contributed by atoms with Gasteiger partial charge in [0.2, 0.25) is 0 Å². The van der Waals surface area contributed by atoms with Gasteiger partial charge in [0.05, 0.1) is 17.6 Å². The van der Waals surface area contributed by atoms with E-state index in [4.69, 9.17) is 0 Å². The molecule has 4 nitrogen and oxygen atoms in total. The van der Waals surface area contributed by atoms with Crippen molar-refractivity contribution in [2.24, 2.45) is 0 Å². The molecule has 0 unspecified atom stereocenters. The maximum absolute atomic E-state index is 11.5. The van der Waals surface area contributed by atoms with Crippen molar-refractivity contribution in [3.63, 3.8) is 0 Å². The van der Waals surface area contributed by atoms with Crippen LogP contribution in [0.15, 0.2) is 42.6 Å². The minimum absolute atomic E-state index is 0.571. The fraction of sp³-hybridized carbons (Fsp3) is 0.200. The van der Waals surface area contributed by atoms with Gasteiger partial charge >= 0.3 is 6.09 Å². The molecule has 0 aliphatic carbocycles. The number of pyridine rings is 1. The van der Waals surface area contributed by atoms with E-state index >= 15 is 0 Å².